The molecule has 29 heavy (non-hydrogen) atoms. The summed E-state index contributed by atoms with van der Waals surface area (Å²) in [7, 11) is -3.87. The lowest BCUT2D eigenvalue weighted by atomic mass is 9.90. The van der Waals surface area contributed by atoms with Crippen LogP contribution in [-0.4, -0.2) is 39.0 Å². The van der Waals surface area contributed by atoms with Crippen LogP contribution in [0, 0.1) is 17.2 Å². The van der Waals surface area contributed by atoms with Crippen LogP contribution in [0.5, 0.6) is 0 Å². The molecule has 0 bridgehead atoms. The first-order valence-corrected chi connectivity index (χ1v) is 11.0. The topological polar surface area (TPSA) is 125 Å². The number of amides is 1. The largest absolute Gasteiger partial charge is 0.455 e. The number of carbonyl (C=O) groups excluding carboxylic acids is 2. The van der Waals surface area contributed by atoms with Crippen molar-refractivity contribution < 1.29 is 22.7 Å². The third-order valence-electron chi connectivity index (χ3n) is 5.19. The second kappa shape index (κ2) is 9.37. The molecular weight excluding hydrogens is 394 g/mol. The first kappa shape index (κ1) is 22.8. The molecule has 0 unspecified atom stereocenters. The molecule has 0 aliphatic heterocycles. The van der Waals surface area contributed by atoms with Gasteiger partial charge in [-0.15, -0.1) is 0 Å². The maximum atomic E-state index is 12.4. The zero-order valence-electron chi connectivity index (χ0n) is 16.9. The molecule has 0 radical (unpaired) electrons. The molecule has 2 rings (SSSR count). The van der Waals surface area contributed by atoms with E-state index in [1.807, 2.05) is 12.1 Å². The first-order valence-electron chi connectivity index (χ1n) is 9.57. The Kier molecular flexibility index (Phi) is 7.38. The average molecular weight is 422 g/mol. The van der Waals surface area contributed by atoms with Gasteiger partial charge in [0.25, 0.3) is 5.91 Å². The number of fused-ring (bicyclic) bond motifs is 1. The Bertz CT molecular complexity index is 921. The van der Waals surface area contributed by atoms with Crippen LogP contribution in [0.3, 0.4) is 0 Å². The maximum Gasteiger partial charge on any atom is 0.321 e. The van der Waals surface area contributed by atoms with E-state index in [1.54, 1.807) is 26.8 Å². The number of ether oxygens (including phenoxy) is 1. The fourth-order valence-electron chi connectivity index (χ4n) is 2.94. The Morgan fingerprint density at radius 3 is 2.52 bits per heavy atom. The third kappa shape index (κ3) is 6.02. The van der Waals surface area contributed by atoms with Crippen molar-refractivity contribution in [3.05, 3.63) is 29.3 Å². The zero-order chi connectivity index (χ0) is 21.7. The summed E-state index contributed by atoms with van der Waals surface area (Å²) in [6.45, 7) is 3.95. The number of carbonyl (C=O) groups is 2. The van der Waals surface area contributed by atoms with Gasteiger partial charge in [-0.3, -0.25) is 9.59 Å². The minimum atomic E-state index is -3.87. The van der Waals surface area contributed by atoms with Gasteiger partial charge >= 0.3 is 5.97 Å². The highest BCUT2D eigenvalue weighted by atomic mass is 32.2. The van der Waals surface area contributed by atoms with Gasteiger partial charge in [0.1, 0.15) is 12.1 Å². The number of sulfonamides is 1. The lowest BCUT2D eigenvalue weighted by Gasteiger charge is -2.27. The van der Waals surface area contributed by atoms with Gasteiger partial charge in [0.05, 0.1) is 11.0 Å². The number of hydrogen-bond acceptors (Lipinski definition) is 6. The number of nitrogens with one attached hydrogen (secondary N) is 2. The van der Waals surface area contributed by atoms with E-state index in [0.29, 0.717) is 0 Å². The van der Waals surface area contributed by atoms with Gasteiger partial charge in [-0.2, -0.15) is 9.98 Å². The summed E-state index contributed by atoms with van der Waals surface area (Å²) in [6.07, 6.45) is 3.91. The second-order valence-corrected chi connectivity index (χ2v) is 9.41. The van der Waals surface area contributed by atoms with Crippen LogP contribution in [0.1, 0.15) is 44.7 Å². The molecule has 8 nitrogen and oxygen atoms in total. The van der Waals surface area contributed by atoms with Crippen molar-refractivity contribution in [2.75, 3.05) is 13.2 Å². The maximum absolute atomic E-state index is 12.4. The Balaban J connectivity index is 1.87. The smallest absolute Gasteiger partial charge is 0.321 e. The molecule has 0 saturated heterocycles. The molecule has 1 aliphatic rings. The average Bonchev–Trinajstić information content (AvgIpc) is 2.70. The van der Waals surface area contributed by atoms with Crippen molar-refractivity contribution in [2.24, 2.45) is 5.92 Å². The Morgan fingerprint density at radius 1 is 1.24 bits per heavy atom. The molecule has 1 aromatic carbocycles. The van der Waals surface area contributed by atoms with Crippen LogP contribution >= 0.6 is 0 Å². The molecule has 2 N–H and O–H groups in total. The molecule has 158 valence electrons. The number of nitriles is 1. The van der Waals surface area contributed by atoms with Gasteiger partial charge in [0.2, 0.25) is 10.0 Å². The number of hydrogen-bond donors (Lipinski definition) is 2. The Labute approximate surface area is 171 Å². The van der Waals surface area contributed by atoms with Gasteiger partial charge in [0.15, 0.2) is 6.61 Å². The second-order valence-electron chi connectivity index (χ2n) is 7.64. The SMILES string of the molecule is CC(C)[C@@](C)(C#N)NC(=O)COC(=O)CNS(=O)(=O)c1ccc2c(c1)CCCC2. The predicted octanol–water partition coefficient (Wildman–Crippen LogP) is 1.44. The minimum absolute atomic E-state index is 0.102. The molecule has 1 atom stereocenters. The van der Waals surface area contributed by atoms with E-state index in [4.69, 9.17) is 4.74 Å². The van der Waals surface area contributed by atoms with Crippen LogP contribution in [0.4, 0.5) is 0 Å². The van der Waals surface area contributed by atoms with Crippen LogP contribution in [0.2, 0.25) is 0 Å². The van der Waals surface area contributed by atoms with Crippen LogP contribution < -0.4 is 10.0 Å². The molecule has 0 saturated carbocycles. The normalized spacial score (nSPS) is 15.7. The summed E-state index contributed by atoms with van der Waals surface area (Å²) in [5.74, 6) is -1.66. The van der Waals surface area contributed by atoms with Gasteiger partial charge in [0, 0.05) is 0 Å². The number of aryl methyl sites for hydroxylation is 2. The van der Waals surface area contributed by atoms with Crippen LogP contribution in [-0.2, 0) is 37.2 Å². The summed E-state index contributed by atoms with van der Waals surface area (Å²) < 4.78 is 31.9. The van der Waals surface area contributed by atoms with E-state index in [0.717, 1.165) is 36.8 Å². The highest BCUT2D eigenvalue weighted by Gasteiger charge is 2.30. The molecule has 0 spiro atoms. The third-order valence-corrected chi connectivity index (χ3v) is 6.59. The lowest BCUT2D eigenvalue weighted by Crippen LogP contribution is -2.50. The molecule has 1 aromatic rings. The number of esters is 1. The lowest BCUT2D eigenvalue weighted by molar-refractivity contribution is -0.147. The standard InChI is InChI=1S/C20H27N3O5S/c1-14(2)20(3,13-21)23-18(24)12-28-19(25)11-22-29(26,27)17-9-8-15-6-4-5-7-16(15)10-17/h8-10,14,22H,4-7,11-12H2,1-3H3,(H,23,24)/t20-/m1/s1. The van der Waals surface area contributed by atoms with Crippen molar-refractivity contribution in [3.8, 4) is 6.07 Å². The van der Waals surface area contributed by atoms with Crippen molar-refractivity contribution in [2.45, 2.75) is 56.9 Å². The van der Waals surface area contributed by atoms with Gasteiger partial charge in [-0.25, -0.2) is 8.42 Å². The van der Waals surface area contributed by atoms with Crippen molar-refractivity contribution in [1.29, 1.82) is 5.26 Å². The highest BCUT2D eigenvalue weighted by molar-refractivity contribution is 7.89. The number of nitrogens with zero attached hydrogens (tertiary/aromatic N) is 1. The fourth-order valence-corrected chi connectivity index (χ4v) is 3.96. The Hall–Kier alpha value is -2.44. The summed E-state index contributed by atoms with van der Waals surface area (Å²) in [5.41, 5.74) is 1.09. The molecule has 1 aliphatic carbocycles. The van der Waals surface area contributed by atoms with E-state index in [1.165, 1.54) is 6.07 Å². The van der Waals surface area contributed by atoms with Gasteiger partial charge < -0.3 is 10.1 Å². The van der Waals surface area contributed by atoms with Crippen LogP contribution in [0.25, 0.3) is 0 Å². The predicted molar refractivity (Wildman–Crippen MR) is 106 cm³/mol. The van der Waals surface area contributed by atoms with E-state index in [9.17, 15) is 23.3 Å². The summed E-state index contributed by atoms with van der Waals surface area (Å²) in [5, 5.41) is 11.7. The minimum Gasteiger partial charge on any atom is -0.455 e. The van der Waals surface area contributed by atoms with Crippen molar-refractivity contribution in [3.63, 3.8) is 0 Å². The summed E-state index contributed by atoms with van der Waals surface area (Å²) in [6, 6.07) is 7.00. The first-order chi connectivity index (χ1) is 13.6. The molecule has 9 heteroatoms. The zero-order valence-corrected chi connectivity index (χ0v) is 17.8. The number of benzene rings is 1. The van der Waals surface area contributed by atoms with E-state index in [-0.39, 0.29) is 10.8 Å². The summed E-state index contributed by atoms with van der Waals surface area (Å²) in [4.78, 5) is 23.8. The van der Waals surface area contributed by atoms with Crippen molar-refractivity contribution >= 4 is 21.9 Å². The molecule has 0 aromatic heterocycles. The summed E-state index contributed by atoms with van der Waals surface area (Å²) >= 11 is 0. The molecular formula is C20H27N3O5S. The highest BCUT2D eigenvalue weighted by Crippen LogP contribution is 2.24. The van der Waals surface area contributed by atoms with Crippen molar-refractivity contribution in [1.82, 2.24) is 10.0 Å². The van der Waals surface area contributed by atoms with E-state index in [2.05, 4.69) is 10.0 Å². The number of rotatable bonds is 8. The molecule has 0 heterocycles. The quantitative estimate of drug-likeness (QED) is 0.612. The molecule has 1 amide bonds. The fraction of sp³-hybridized carbons (Fsp3) is 0.550. The van der Waals surface area contributed by atoms with E-state index >= 15 is 0 Å². The van der Waals surface area contributed by atoms with Crippen LogP contribution in [0.15, 0.2) is 23.1 Å². The molecule has 0 fully saturated rings. The monoisotopic (exact) mass is 421 g/mol. The van der Waals surface area contributed by atoms with Gasteiger partial charge in [-0.05, 0) is 61.8 Å². The van der Waals surface area contributed by atoms with Gasteiger partial charge in [-0.1, -0.05) is 19.9 Å². The Morgan fingerprint density at radius 2 is 1.90 bits per heavy atom. The van der Waals surface area contributed by atoms with E-state index < -0.39 is 40.6 Å².